The van der Waals surface area contributed by atoms with Gasteiger partial charge in [-0.05, 0) is 26.0 Å². The second-order valence-corrected chi connectivity index (χ2v) is 8.72. The van der Waals surface area contributed by atoms with Crippen LogP contribution in [-0.4, -0.2) is 38.1 Å². The Bertz CT molecular complexity index is 1080. The average molecular weight is 441 g/mol. The van der Waals surface area contributed by atoms with Crippen LogP contribution < -0.4 is 11.1 Å². The van der Waals surface area contributed by atoms with Gasteiger partial charge in [-0.2, -0.15) is 0 Å². The van der Waals surface area contributed by atoms with E-state index in [1.807, 2.05) is 0 Å². The third-order valence-electron chi connectivity index (χ3n) is 4.04. The van der Waals surface area contributed by atoms with E-state index in [2.05, 4.69) is 15.3 Å². The molecule has 2 heterocycles. The van der Waals surface area contributed by atoms with Gasteiger partial charge in [-0.25, -0.2) is 9.97 Å². The molecular formula is C18H18Cl2N4O3S. The Morgan fingerprint density at radius 1 is 1.32 bits per heavy atom. The highest BCUT2D eigenvalue weighted by molar-refractivity contribution is 7.21. The molecular weight excluding hydrogens is 423 g/mol. The lowest BCUT2D eigenvalue weighted by molar-refractivity contribution is 0.102. The fraction of sp³-hybridized carbons (Fsp3) is 0.278. The van der Waals surface area contributed by atoms with Crippen LogP contribution in [0, 0.1) is 0 Å². The third-order valence-corrected chi connectivity index (χ3v) is 6.03. The summed E-state index contributed by atoms with van der Waals surface area (Å²) >= 11 is 13.2. The molecule has 0 spiro atoms. The molecule has 1 aromatic carbocycles. The number of hydrogen-bond acceptors (Lipinski definition) is 8. The second-order valence-electron chi connectivity index (χ2n) is 6.94. The van der Waals surface area contributed by atoms with Crippen molar-refractivity contribution in [3.05, 3.63) is 27.1 Å². The minimum atomic E-state index is -0.684. The van der Waals surface area contributed by atoms with E-state index < -0.39 is 5.54 Å². The zero-order valence-electron chi connectivity index (χ0n) is 15.3. The van der Waals surface area contributed by atoms with Crippen LogP contribution in [0.3, 0.4) is 0 Å². The van der Waals surface area contributed by atoms with Gasteiger partial charge in [-0.1, -0.05) is 23.2 Å². The van der Waals surface area contributed by atoms with E-state index in [4.69, 9.17) is 28.9 Å². The lowest BCUT2D eigenvalue weighted by Gasteiger charge is -2.23. The molecule has 0 bridgehead atoms. The molecule has 2 aromatic heterocycles. The molecule has 0 atom stereocenters. The molecule has 28 heavy (non-hydrogen) atoms. The first-order valence-corrected chi connectivity index (χ1v) is 9.79. The summed E-state index contributed by atoms with van der Waals surface area (Å²) in [4.78, 5) is 21.8. The van der Waals surface area contributed by atoms with Crippen LogP contribution in [0.15, 0.2) is 12.1 Å². The molecule has 0 amide bonds. The van der Waals surface area contributed by atoms with Crippen molar-refractivity contribution >= 4 is 62.2 Å². The van der Waals surface area contributed by atoms with E-state index in [9.17, 15) is 15.0 Å². The molecule has 0 fully saturated rings. The molecule has 0 unspecified atom stereocenters. The number of halogens is 2. The van der Waals surface area contributed by atoms with Crippen molar-refractivity contribution in [3.8, 4) is 17.0 Å². The van der Waals surface area contributed by atoms with Gasteiger partial charge in [-0.3, -0.25) is 4.79 Å². The number of fused-ring (bicyclic) bond motifs is 1. The van der Waals surface area contributed by atoms with Gasteiger partial charge in [0, 0.05) is 12.5 Å². The van der Waals surface area contributed by atoms with Crippen LogP contribution in [0.2, 0.25) is 10.0 Å². The average Bonchev–Trinajstić information content (AvgIpc) is 2.95. The number of aromatic nitrogens is 2. The van der Waals surface area contributed by atoms with E-state index in [1.165, 1.54) is 13.0 Å². The fourth-order valence-electron chi connectivity index (χ4n) is 2.60. The Hall–Kier alpha value is -2.13. The number of aliphatic hydroxyl groups is 1. The first-order valence-electron chi connectivity index (χ1n) is 8.22. The van der Waals surface area contributed by atoms with Gasteiger partial charge in [0.05, 0.1) is 38.8 Å². The zero-order valence-corrected chi connectivity index (χ0v) is 17.6. The SMILES string of the molecule is CC(=O)c1sc2nc(NC(C)(C)CO)nc(-c3cc(O)c(Cl)c(Cl)c3)c2c1N. The minimum absolute atomic E-state index is 0.0261. The first kappa shape index (κ1) is 20.6. The van der Waals surface area contributed by atoms with Crippen molar-refractivity contribution in [2.45, 2.75) is 26.3 Å². The van der Waals surface area contributed by atoms with Crippen molar-refractivity contribution in [2.75, 3.05) is 17.7 Å². The number of Topliss-reactive ketones (excluding diaryl/α,β-unsaturated/α-hetero) is 1. The summed E-state index contributed by atoms with van der Waals surface area (Å²) in [5.41, 5.74) is 6.64. The van der Waals surface area contributed by atoms with E-state index in [0.717, 1.165) is 11.3 Å². The number of benzene rings is 1. The summed E-state index contributed by atoms with van der Waals surface area (Å²) in [6, 6.07) is 2.97. The van der Waals surface area contributed by atoms with Crippen molar-refractivity contribution in [3.63, 3.8) is 0 Å². The summed E-state index contributed by atoms with van der Waals surface area (Å²) in [6.07, 6.45) is 0. The van der Waals surface area contributed by atoms with E-state index in [-0.39, 0.29) is 39.8 Å². The molecule has 0 saturated carbocycles. The van der Waals surface area contributed by atoms with Crippen LogP contribution in [0.5, 0.6) is 5.75 Å². The van der Waals surface area contributed by atoms with Crippen LogP contribution in [0.25, 0.3) is 21.5 Å². The Balaban J connectivity index is 2.33. The lowest BCUT2D eigenvalue weighted by atomic mass is 10.1. The van der Waals surface area contributed by atoms with Crippen LogP contribution >= 0.6 is 34.5 Å². The van der Waals surface area contributed by atoms with Crippen LogP contribution in [0.4, 0.5) is 11.6 Å². The standard InChI is InChI=1S/C18H18Cl2N4O3S/c1-7(26)15-13(21)11-14(8-4-9(19)12(20)10(27)5-8)22-17(23-16(11)28-15)24-18(2,3)6-25/h4-5,25,27H,6,21H2,1-3H3,(H,22,23,24). The normalized spacial score (nSPS) is 11.8. The van der Waals surface area contributed by atoms with Crippen LogP contribution in [0.1, 0.15) is 30.4 Å². The van der Waals surface area contributed by atoms with Gasteiger partial charge < -0.3 is 21.3 Å². The molecule has 148 valence electrons. The van der Waals surface area contributed by atoms with Gasteiger partial charge in [-0.15, -0.1) is 11.3 Å². The number of nitrogens with zero attached hydrogens (tertiary/aromatic N) is 2. The smallest absolute Gasteiger partial charge is 0.225 e. The monoisotopic (exact) mass is 440 g/mol. The first-order chi connectivity index (χ1) is 13.0. The number of ketones is 1. The van der Waals surface area contributed by atoms with Crippen molar-refractivity contribution in [1.82, 2.24) is 9.97 Å². The van der Waals surface area contributed by atoms with Crippen molar-refractivity contribution in [1.29, 1.82) is 0 Å². The largest absolute Gasteiger partial charge is 0.506 e. The summed E-state index contributed by atoms with van der Waals surface area (Å²) in [5.74, 6) is -0.154. The molecule has 0 radical (unpaired) electrons. The highest BCUT2D eigenvalue weighted by Crippen LogP contribution is 2.42. The predicted molar refractivity (Wildman–Crippen MR) is 114 cm³/mol. The fourth-order valence-corrected chi connectivity index (χ4v) is 3.92. The highest BCUT2D eigenvalue weighted by Gasteiger charge is 2.24. The van der Waals surface area contributed by atoms with Crippen molar-refractivity contribution < 1.29 is 15.0 Å². The number of rotatable bonds is 5. The maximum atomic E-state index is 12.0. The number of aliphatic hydroxyl groups excluding tert-OH is 1. The van der Waals surface area contributed by atoms with E-state index >= 15 is 0 Å². The van der Waals surface area contributed by atoms with E-state index in [1.54, 1.807) is 19.9 Å². The number of carbonyl (C=O) groups is 1. The number of hydrogen-bond donors (Lipinski definition) is 4. The van der Waals surface area contributed by atoms with Crippen molar-refractivity contribution in [2.24, 2.45) is 0 Å². The Morgan fingerprint density at radius 2 is 2.00 bits per heavy atom. The number of anilines is 2. The number of nitrogens with one attached hydrogen (secondary N) is 1. The van der Waals surface area contributed by atoms with Gasteiger partial charge in [0.25, 0.3) is 0 Å². The number of carbonyl (C=O) groups excluding carboxylic acids is 1. The topological polar surface area (TPSA) is 121 Å². The molecule has 0 aliphatic heterocycles. The molecule has 10 heteroatoms. The summed E-state index contributed by atoms with van der Waals surface area (Å²) in [7, 11) is 0. The lowest BCUT2D eigenvalue weighted by Crippen LogP contribution is -2.35. The summed E-state index contributed by atoms with van der Waals surface area (Å²) in [6.45, 7) is 4.85. The molecule has 0 aliphatic rings. The Kier molecular flexibility index (Phi) is 5.42. The van der Waals surface area contributed by atoms with Gasteiger partial charge in [0.2, 0.25) is 5.95 Å². The number of aromatic hydroxyl groups is 1. The quantitative estimate of drug-likeness (QED) is 0.435. The number of phenolic OH excluding ortho intramolecular Hbond substituents is 1. The maximum Gasteiger partial charge on any atom is 0.225 e. The molecule has 5 N–H and O–H groups in total. The predicted octanol–water partition coefficient (Wildman–Crippen LogP) is 4.34. The zero-order chi connectivity index (χ0) is 20.8. The molecule has 3 rings (SSSR count). The van der Waals surface area contributed by atoms with Gasteiger partial charge in [0.1, 0.15) is 15.6 Å². The number of nitrogen functional groups attached to an aromatic ring is 1. The molecule has 0 aliphatic carbocycles. The number of phenols is 1. The molecule has 7 nitrogen and oxygen atoms in total. The summed E-state index contributed by atoms with van der Waals surface area (Å²) < 4.78 is 0. The van der Waals surface area contributed by atoms with Gasteiger partial charge >= 0.3 is 0 Å². The Labute approximate surface area is 175 Å². The van der Waals surface area contributed by atoms with Crippen LogP contribution in [-0.2, 0) is 0 Å². The highest BCUT2D eigenvalue weighted by atomic mass is 35.5. The third kappa shape index (κ3) is 3.73. The number of thiophene rings is 1. The minimum Gasteiger partial charge on any atom is -0.506 e. The second kappa shape index (κ2) is 7.36. The van der Waals surface area contributed by atoms with E-state index in [0.29, 0.717) is 26.4 Å². The Morgan fingerprint density at radius 3 is 2.57 bits per heavy atom. The maximum absolute atomic E-state index is 12.0. The molecule has 0 saturated heterocycles. The number of nitrogens with two attached hydrogens (primary N) is 1. The summed E-state index contributed by atoms with van der Waals surface area (Å²) in [5, 5.41) is 23.3. The van der Waals surface area contributed by atoms with Gasteiger partial charge in [0.15, 0.2) is 5.78 Å². The molecule has 3 aromatic rings.